The van der Waals surface area contributed by atoms with E-state index in [1.54, 1.807) is 0 Å². The van der Waals surface area contributed by atoms with Gasteiger partial charge in [0, 0.05) is 37.9 Å². The Morgan fingerprint density at radius 2 is 1.85 bits per heavy atom. The maximum absolute atomic E-state index is 9.63. The van der Waals surface area contributed by atoms with Crippen LogP contribution in [0.5, 0.6) is 0 Å². The molecule has 0 amide bonds. The van der Waals surface area contributed by atoms with E-state index in [9.17, 15) is 5.11 Å². The smallest absolute Gasteiger partial charge is 0.191 e. The van der Waals surface area contributed by atoms with Crippen LogP contribution in [0.25, 0.3) is 0 Å². The fourth-order valence-corrected chi connectivity index (χ4v) is 3.29. The quantitative estimate of drug-likeness (QED) is 0.234. The van der Waals surface area contributed by atoms with Crippen LogP contribution in [0.3, 0.4) is 0 Å². The maximum atomic E-state index is 9.63. The van der Waals surface area contributed by atoms with E-state index in [0.29, 0.717) is 6.04 Å². The van der Waals surface area contributed by atoms with Crippen molar-refractivity contribution in [3.05, 3.63) is 30.3 Å². The Labute approximate surface area is 175 Å². The number of nitrogens with one attached hydrogen (secondary N) is 2. The first-order valence-electron chi connectivity index (χ1n) is 9.75. The van der Waals surface area contributed by atoms with Crippen LogP contribution in [0.4, 0.5) is 5.69 Å². The fourth-order valence-electron chi connectivity index (χ4n) is 3.29. The molecule has 0 atom stereocenters. The minimum Gasteiger partial charge on any atom is -0.393 e. The number of anilines is 1. The lowest BCUT2D eigenvalue weighted by molar-refractivity contribution is 0.120. The second-order valence-electron chi connectivity index (χ2n) is 6.68. The Kier molecular flexibility index (Phi) is 11.7. The first-order chi connectivity index (χ1) is 12.2. The van der Waals surface area contributed by atoms with E-state index in [1.165, 1.54) is 5.69 Å². The molecule has 0 bridgehead atoms. The maximum Gasteiger partial charge on any atom is 0.191 e. The van der Waals surface area contributed by atoms with Crippen molar-refractivity contribution in [2.75, 3.05) is 31.1 Å². The number of guanidine groups is 1. The molecule has 0 spiro atoms. The van der Waals surface area contributed by atoms with Crippen molar-refractivity contribution in [1.29, 1.82) is 0 Å². The average Bonchev–Trinajstić information content (AvgIpc) is 2.64. The highest BCUT2D eigenvalue weighted by molar-refractivity contribution is 14.0. The zero-order valence-corrected chi connectivity index (χ0v) is 18.5. The van der Waals surface area contributed by atoms with E-state index in [-0.39, 0.29) is 30.1 Å². The molecule has 26 heavy (non-hydrogen) atoms. The molecule has 148 valence electrons. The third kappa shape index (κ3) is 8.12. The summed E-state index contributed by atoms with van der Waals surface area (Å²) in [6, 6.07) is 11.0. The van der Waals surface area contributed by atoms with Crippen molar-refractivity contribution in [2.45, 2.75) is 58.1 Å². The summed E-state index contributed by atoms with van der Waals surface area (Å²) in [6.07, 6.45) is 4.73. The predicted octanol–water partition coefficient (Wildman–Crippen LogP) is 3.38. The van der Waals surface area contributed by atoms with Gasteiger partial charge >= 0.3 is 0 Å². The van der Waals surface area contributed by atoms with Crippen molar-refractivity contribution in [3.63, 3.8) is 0 Å². The van der Waals surface area contributed by atoms with Crippen molar-refractivity contribution < 1.29 is 5.11 Å². The lowest BCUT2D eigenvalue weighted by Gasteiger charge is -2.27. The zero-order chi connectivity index (χ0) is 17.9. The number of para-hydroxylation sites is 1. The summed E-state index contributed by atoms with van der Waals surface area (Å²) in [6.45, 7) is 7.99. The summed E-state index contributed by atoms with van der Waals surface area (Å²) in [7, 11) is 0. The van der Waals surface area contributed by atoms with Gasteiger partial charge in [-0.3, -0.25) is 4.99 Å². The number of hydrogen-bond donors (Lipinski definition) is 3. The highest BCUT2D eigenvalue weighted by Gasteiger charge is 2.19. The van der Waals surface area contributed by atoms with Crippen molar-refractivity contribution in [3.8, 4) is 0 Å². The zero-order valence-electron chi connectivity index (χ0n) is 16.2. The number of benzene rings is 1. The van der Waals surface area contributed by atoms with Gasteiger partial charge in [-0.25, -0.2) is 0 Å². The van der Waals surface area contributed by atoms with Crippen molar-refractivity contribution in [2.24, 2.45) is 4.99 Å². The van der Waals surface area contributed by atoms with E-state index in [1.807, 2.05) is 0 Å². The molecule has 1 fully saturated rings. The lowest BCUT2D eigenvalue weighted by Crippen LogP contribution is -2.45. The van der Waals surface area contributed by atoms with Gasteiger partial charge in [0.05, 0.1) is 6.10 Å². The first-order valence-corrected chi connectivity index (χ1v) is 9.75. The summed E-state index contributed by atoms with van der Waals surface area (Å²) < 4.78 is 0. The van der Waals surface area contributed by atoms with E-state index in [2.05, 4.69) is 59.7 Å². The molecule has 0 saturated heterocycles. The molecule has 1 aliphatic carbocycles. The van der Waals surface area contributed by atoms with Gasteiger partial charge in [-0.15, -0.1) is 24.0 Å². The summed E-state index contributed by atoms with van der Waals surface area (Å²) in [5.41, 5.74) is 1.28. The van der Waals surface area contributed by atoms with Crippen molar-refractivity contribution in [1.82, 2.24) is 10.6 Å². The molecule has 5 nitrogen and oxygen atoms in total. The monoisotopic (exact) mass is 474 g/mol. The van der Waals surface area contributed by atoms with E-state index >= 15 is 0 Å². The number of nitrogens with zero attached hydrogens (tertiary/aromatic N) is 2. The molecule has 0 heterocycles. The third-order valence-electron chi connectivity index (χ3n) is 4.74. The molecule has 0 aromatic heterocycles. The average molecular weight is 474 g/mol. The Hall–Kier alpha value is -1.02. The summed E-state index contributed by atoms with van der Waals surface area (Å²) in [5.74, 6) is 0.909. The van der Waals surface area contributed by atoms with Gasteiger partial charge in [0.15, 0.2) is 5.96 Å². The van der Waals surface area contributed by atoms with Crippen LogP contribution in [0.1, 0.15) is 46.0 Å². The number of aliphatic hydroxyl groups is 1. The third-order valence-corrected chi connectivity index (χ3v) is 4.74. The van der Waals surface area contributed by atoms with E-state index < -0.39 is 0 Å². The number of rotatable bonds is 8. The summed E-state index contributed by atoms with van der Waals surface area (Å²) in [4.78, 5) is 7.12. The molecule has 1 aromatic carbocycles. The molecular weight excluding hydrogens is 439 g/mol. The second kappa shape index (κ2) is 13.2. The molecular formula is C20H35IN4O. The summed E-state index contributed by atoms with van der Waals surface area (Å²) >= 11 is 0. The van der Waals surface area contributed by atoms with Gasteiger partial charge in [-0.1, -0.05) is 18.2 Å². The van der Waals surface area contributed by atoms with Crippen LogP contribution < -0.4 is 15.5 Å². The molecule has 1 aromatic rings. The van der Waals surface area contributed by atoms with E-state index in [4.69, 9.17) is 4.99 Å². The van der Waals surface area contributed by atoms with Gasteiger partial charge < -0.3 is 20.6 Å². The molecule has 2 rings (SSSR count). The Morgan fingerprint density at radius 1 is 1.15 bits per heavy atom. The first kappa shape index (κ1) is 23.0. The molecule has 3 N–H and O–H groups in total. The minimum atomic E-state index is -0.115. The van der Waals surface area contributed by atoms with Crippen LogP contribution >= 0.6 is 24.0 Å². The van der Waals surface area contributed by atoms with Gasteiger partial charge in [0.2, 0.25) is 0 Å². The molecule has 1 saturated carbocycles. The molecule has 0 radical (unpaired) electrons. The van der Waals surface area contributed by atoms with Gasteiger partial charge in [-0.2, -0.15) is 0 Å². The van der Waals surface area contributed by atoms with Crippen LogP contribution in [0.15, 0.2) is 35.3 Å². The summed E-state index contributed by atoms with van der Waals surface area (Å²) in [5, 5.41) is 16.5. The van der Waals surface area contributed by atoms with Crippen LogP contribution in [-0.4, -0.2) is 49.4 Å². The topological polar surface area (TPSA) is 59.9 Å². The lowest BCUT2D eigenvalue weighted by atomic mass is 9.93. The SMILES string of the molecule is CCNC(=NCCCN(CC)c1ccccc1)NC1CCC(O)CC1.I. The number of aliphatic imine (C=N–C) groups is 1. The van der Waals surface area contributed by atoms with Crippen LogP contribution in [0.2, 0.25) is 0 Å². The molecule has 6 heteroatoms. The Balaban J connectivity index is 0.00000338. The predicted molar refractivity (Wildman–Crippen MR) is 122 cm³/mol. The molecule has 0 aliphatic heterocycles. The van der Waals surface area contributed by atoms with Gasteiger partial charge in [-0.05, 0) is 58.1 Å². The highest BCUT2D eigenvalue weighted by atomic mass is 127. The number of hydrogen-bond acceptors (Lipinski definition) is 3. The molecule has 1 aliphatic rings. The molecule has 0 unspecified atom stereocenters. The highest BCUT2D eigenvalue weighted by Crippen LogP contribution is 2.18. The Bertz CT molecular complexity index is 504. The number of halogens is 1. The van der Waals surface area contributed by atoms with Crippen molar-refractivity contribution >= 4 is 35.6 Å². The van der Waals surface area contributed by atoms with Crippen LogP contribution in [0, 0.1) is 0 Å². The van der Waals surface area contributed by atoms with E-state index in [0.717, 1.165) is 64.2 Å². The minimum absolute atomic E-state index is 0. The Morgan fingerprint density at radius 3 is 2.46 bits per heavy atom. The largest absolute Gasteiger partial charge is 0.393 e. The normalized spacial score (nSPS) is 20.2. The second-order valence-corrected chi connectivity index (χ2v) is 6.68. The number of aliphatic hydroxyl groups excluding tert-OH is 1. The fraction of sp³-hybridized carbons (Fsp3) is 0.650. The van der Waals surface area contributed by atoms with Gasteiger partial charge in [0.1, 0.15) is 0 Å². The standard InChI is InChI=1S/C20H34N4O.HI/c1-3-21-20(23-17-11-13-19(25)14-12-17)22-15-8-16-24(4-2)18-9-6-5-7-10-18;/h5-7,9-10,17,19,25H,3-4,8,11-16H2,1-2H3,(H2,21,22,23);1H. The van der Waals surface area contributed by atoms with Crippen LogP contribution in [-0.2, 0) is 0 Å². The van der Waals surface area contributed by atoms with Gasteiger partial charge in [0.25, 0.3) is 0 Å².